The third kappa shape index (κ3) is 1.95. The van der Waals surface area contributed by atoms with E-state index in [1.165, 1.54) is 18.4 Å². The minimum Gasteiger partial charge on any atom is -0.342 e. The molecule has 0 amide bonds. The number of nitrogens with one attached hydrogen (secondary N) is 1. The highest BCUT2D eigenvalue weighted by Gasteiger charge is 2.23. The van der Waals surface area contributed by atoms with E-state index in [2.05, 4.69) is 30.1 Å². The number of hydrogen-bond acceptors (Lipinski definition) is 2. The van der Waals surface area contributed by atoms with Crippen LogP contribution in [0.4, 0.5) is 0 Å². The highest BCUT2D eigenvalue weighted by molar-refractivity contribution is 5.78. The van der Waals surface area contributed by atoms with Crippen molar-refractivity contribution in [2.24, 2.45) is 5.73 Å². The van der Waals surface area contributed by atoms with Crippen molar-refractivity contribution >= 4 is 11.0 Å². The van der Waals surface area contributed by atoms with Crippen LogP contribution >= 0.6 is 0 Å². The first kappa shape index (κ1) is 10.8. The molecule has 0 bridgehead atoms. The molecule has 3 nitrogen and oxygen atoms in total. The lowest BCUT2D eigenvalue weighted by molar-refractivity contribution is 0.384. The van der Waals surface area contributed by atoms with E-state index in [4.69, 9.17) is 10.7 Å². The minimum atomic E-state index is 0.350. The predicted octanol–water partition coefficient (Wildman–Crippen LogP) is 2.86. The van der Waals surface area contributed by atoms with E-state index in [9.17, 15) is 0 Å². The molecule has 0 spiro atoms. The van der Waals surface area contributed by atoms with Gasteiger partial charge in [0, 0.05) is 12.0 Å². The zero-order chi connectivity index (χ0) is 11.8. The molecule has 2 aromatic rings. The summed E-state index contributed by atoms with van der Waals surface area (Å²) in [5.41, 5.74) is 9.55. The topological polar surface area (TPSA) is 54.7 Å². The van der Waals surface area contributed by atoms with Gasteiger partial charge in [-0.25, -0.2) is 4.98 Å². The first-order chi connectivity index (χ1) is 8.24. The molecule has 1 saturated carbocycles. The second-order valence-electron chi connectivity index (χ2n) is 5.22. The van der Waals surface area contributed by atoms with Gasteiger partial charge in [0.15, 0.2) is 0 Å². The fraction of sp³-hybridized carbons (Fsp3) is 0.500. The maximum atomic E-state index is 6.04. The Balaban J connectivity index is 1.97. The largest absolute Gasteiger partial charge is 0.342 e. The van der Waals surface area contributed by atoms with Gasteiger partial charge >= 0.3 is 0 Å². The molecule has 90 valence electrons. The SMILES string of the molecule is Cc1cccc2[nH]c(C3CCCC(N)C3)nc12. The average Bonchev–Trinajstić information content (AvgIpc) is 2.74. The van der Waals surface area contributed by atoms with E-state index in [-0.39, 0.29) is 0 Å². The van der Waals surface area contributed by atoms with Gasteiger partial charge < -0.3 is 10.7 Å². The number of H-pyrrole nitrogens is 1. The van der Waals surface area contributed by atoms with Crippen molar-refractivity contribution in [3.8, 4) is 0 Å². The summed E-state index contributed by atoms with van der Waals surface area (Å²) in [6.45, 7) is 2.11. The van der Waals surface area contributed by atoms with Gasteiger partial charge in [0.05, 0.1) is 11.0 Å². The number of aromatic amines is 1. The van der Waals surface area contributed by atoms with Crippen LogP contribution < -0.4 is 5.73 Å². The van der Waals surface area contributed by atoms with E-state index in [1.54, 1.807) is 0 Å². The molecule has 3 N–H and O–H groups in total. The van der Waals surface area contributed by atoms with Crippen molar-refractivity contribution in [3.05, 3.63) is 29.6 Å². The van der Waals surface area contributed by atoms with Gasteiger partial charge in [0.25, 0.3) is 0 Å². The van der Waals surface area contributed by atoms with E-state index in [0.29, 0.717) is 12.0 Å². The average molecular weight is 229 g/mol. The number of aromatic nitrogens is 2. The fourth-order valence-electron chi connectivity index (χ4n) is 2.86. The van der Waals surface area contributed by atoms with Crippen LogP contribution in [0, 0.1) is 6.92 Å². The lowest BCUT2D eigenvalue weighted by atomic mass is 9.86. The Morgan fingerprint density at radius 2 is 2.24 bits per heavy atom. The summed E-state index contributed by atoms with van der Waals surface area (Å²) in [5, 5.41) is 0. The maximum Gasteiger partial charge on any atom is 0.110 e. The second-order valence-corrected chi connectivity index (χ2v) is 5.22. The quantitative estimate of drug-likeness (QED) is 0.790. The van der Waals surface area contributed by atoms with Gasteiger partial charge in [-0.1, -0.05) is 18.6 Å². The Hall–Kier alpha value is -1.35. The van der Waals surface area contributed by atoms with Crippen LogP contribution in [0.3, 0.4) is 0 Å². The summed E-state index contributed by atoms with van der Waals surface area (Å²) >= 11 is 0. The Labute approximate surface area is 101 Å². The van der Waals surface area contributed by atoms with Gasteiger partial charge in [-0.15, -0.1) is 0 Å². The van der Waals surface area contributed by atoms with Gasteiger partial charge in [0.1, 0.15) is 5.82 Å². The van der Waals surface area contributed by atoms with E-state index >= 15 is 0 Å². The molecule has 3 rings (SSSR count). The zero-order valence-corrected chi connectivity index (χ0v) is 10.2. The Morgan fingerprint density at radius 1 is 1.35 bits per heavy atom. The Morgan fingerprint density at radius 3 is 3.00 bits per heavy atom. The van der Waals surface area contributed by atoms with Crippen molar-refractivity contribution in [3.63, 3.8) is 0 Å². The second kappa shape index (κ2) is 4.15. The Bertz CT molecular complexity index is 529. The third-order valence-electron chi connectivity index (χ3n) is 3.83. The molecule has 1 aromatic carbocycles. The van der Waals surface area contributed by atoms with E-state index in [0.717, 1.165) is 29.7 Å². The van der Waals surface area contributed by atoms with Crippen LogP contribution in [-0.4, -0.2) is 16.0 Å². The number of aryl methyl sites for hydroxylation is 1. The molecule has 0 saturated heterocycles. The minimum absolute atomic E-state index is 0.350. The molecule has 17 heavy (non-hydrogen) atoms. The van der Waals surface area contributed by atoms with Crippen LogP contribution in [0.5, 0.6) is 0 Å². The fourth-order valence-corrected chi connectivity index (χ4v) is 2.86. The molecule has 1 aliphatic rings. The maximum absolute atomic E-state index is 6.04. The van der Waals surface area contributed by atoms with E-state index in [1.807, 2.05) is 0 Å². The molecule has 2 unspecified atom stereocenters. The van der Waals surface area contributed by atoms with Crippen molar-refractivity contribution in [1.29, 1.82) is 0 Å². The Kier molecular flexibility index (Phi) is 2.63. The van der Waals surface area contributed by atoms with Gasteiger partial charge in [-0.05, 0) is 37.8 Å². The number of hydrogen-bond donors (Lipinski definition) is 2. The predicted molar refractivity (Wildman–Crippen MR) is 70.0 cm³/mol. The molecule has 3 heteroatoms. The van der Waals surface area contributed by atoms with Crippen molar-refractivity contribution in [1.82, 2.24) is 9.97 Å². The smallest absolute Gasteiger partial charge is 0.110 e. The first-order valence-corrected chi connectivity index (χ1v) is 6.45. The standard InChI is InChI=1S/C14H19N3/c1-9-4-2-7-12-13(9)17-14(16-12)10-5-3-6-11(15)8-10/h2,4,7,10-11H,3,5-6,8,15H2,1H3,(H,16,17). The summed E-state index contributed by atoms with van der Waals surface area (Å²) in [5.74, 6) is 1.65. The number of para-hydroxylation sites is 1. The number of nitrogens with zero attached hydrogens (tertiary/aromatic N) is 1. The molecule has 1 heterocycles. The molecule has 1 aromatic heterocycles. The summed E-state index contributed by atoms with van der Waals surface area (Å²) in [4.78, 5) is 8.22. The highest BCUT2D eigenvalue weighted by Crippen LogP contribution is 2.31. The molecule has 1 fully saturated rings. The summed E-state index contributed by atoms with van der Waals surface area (Å²) in [6.07, 6.45) is 4.67. The number of nitrogens with two attached hydrogens (primary N) is 1. The van der Waals surface area contributed by atoms with Crippen molar-refractivity contribution in [2.75, 3.05) is 0 Å². The zero-order valence-electron chi connectivity index (χ0n) is 10.2. The summed E-state index contributed by atoms with van der Waals surface area (Å²) < 4.78 is 0. The van der Waals surface area contributed by atoms with Crippen LogP contribution in [0.2, 0.25) is 0 Å². The lowest BCUT2D eigenvalue weighted by Crippen LogP contribution is -2.27. The molecule has 2 atom stereocenters. The molecular formula is C14H19N3. The first-order valence-electron chi connectivity index (χ1n) is 6.45. The number of benzene rings is 1. The van der Waals surface area contributed by atoms with Crippen molar-refractivity contribution < 1.29 is 0 Å². The summed E-state index contributed by atoms with van der Waals surface area (Å²) in [7, 11) is 0. The monoisotopic (exact) mass is 229 g/mol. The molecule has 1 aliphatic carbocycles. The van der Waals surface area contributed by atoms with Gasteiger partial charge in [0.2, 0.25) is 0 Å². The van der Waals surface area contributed by atoms with Crippen LogP contribution in [0.15, 0.2) is 18.2 Å². The van der Waals surface area contributed by atoms with Crippen LogP contribution in [0.1, 0.15) is 43.0 Å². The molecular weight excluding hydrogens is 210 g/mol. The van der Waals surface area contributed by atoms with E-state index < -0.39 is 0 Å². The highest BCUT2D eigenvalue weighted by atomic mass is 14.9. The molecule has 0 aliphatic heterocycles. The van der Waals surface area contributed by atoms with Gasteiger partial charge in [-0.2, -0.15) is 0 Å². The number of rotatable bonds is 1. The molecule has 0 radical (unpaired) electrons. The normalized spacial score (nSPS) is 25.3. The van der Waals surface area contributed by atoms with Crippen LogP contribution in [0.25, 0.3) is 11.0 Å². The van der Waals surface area contributed by atoms with Crippen molar-refractivity contribution in [2.45, 2.75) is 44.6 Å². The number of fused-ring (bicyclic) bond motifs is 1. The lowest BCUT2D eigenvalue weighted by Gasteiger charge is -2.24. The summed E-state index contributed by atoms with van der Waals surface area (Å²) in [6, 6.07) is 6.64. The number of imidazole rings is 1. The van der Waals surface area contributed by atoms with Crippen LogP contribution in [-0.2, 0) is 0 Å². The van der Waals surface area contributed by atoms with Gasteiger partial charge in [-0.3, -0.25) is 0 Å². The third-order valence-corrected chi connectivity index (χ3v) is 3.83.